The van der Waals surface area contributed by atoms with Crippen LogP contribution in [-0.2, 0) is 17.7 Å². The minimum absolute atomic E-state index is 0.557. The van der Waals surface area contributed by atoms with E-state index in [0.717, 1.165) is 48.9 Å². The SMILES string of the molecule is CCNC(=NCc1ccc(C)cc1OCCCOC)NCCc1ccc(C)nc1. The van der Waals surface area contributed by atoms with Crippen LogP contribution in [0.4, 0.5) is 0 Å². The van der Waals surface area contributed by atoms with Crippen LogP contribution in [-0.4, -0.2) is 44.4 Å². The number of methoxy groups -OCH3 is 1. The molecule has 0 radical (unpaired) electrons. The molecule has 0 fully saturated rings. The Morgan fingerprint density at radius 1 is 1.10 bits per heavy atom. The second-order valence-electron chi connectivity index (χ2n) is 6.99. The van der Waals surface area contributed by atoms with Crippen molar-refractivity contribution in [3.63, 3.8) is 0 Å². The van der Waals surface area contributed by atoms with Crippen molar-refractivity contribution < 1.29 is 9.47 Å². The Balaban J connectivity index is 1.94. The quantitative estimate of drug-likeness (QED) is 0.345. The van der Waals surface area contributed by atoms with Gasteiger partial charge >= 0.3 is 0 Å². The van der Waals surface area contributed by atoms with Crippen molar-refractivity contribution in [1.82, 2.24) is 15.6 Å². The number of nitrogens with one attached hydrogen (secondary N) is 2. The summed E-state index contributed by atoms with van der Waals surface area (Å²) in [7, 11) is 1.71. The minimum Gasteiger partial charge on any atom is -0.493 e. The summed E-state index contributed by atoms with van der Waals surface area (Å²) < 4.78 is 11.1. The molecule has 0 atom stereocenters. The lowest BCUT2D eigenvalue weighted by Gasteiger charge is -2.14. The molecule has 158 valence electrons. The van der Waals surface area contributed by atoms with Gasteiger partial charge in [-0.15, -0.1) is 0 Å². The van der Waals surface area contributed by atoms with Crippen LogP contribution >= 0.6 is 0 Å². The molecule has 0 amide bonds. The Labute approximate surface area is 174 Å². The molecule has 1 aromatic heterocycles. The molecule has 0 aliphatic carbocycles. The van der Waals surface area contributed by atoms with E-state index < -0.39 is 0 Å². The first-order valence-electron chi connectivity index (χ1n) is 10.3. The molecule has 0 unspecified atom stereocenters. The summed E-state index contributed by atoms with van der Waals surface area (Å²) >= 11 is 0. The zero-order chi connectivity index (χ0) is 20.9. The number of pyridine rings is 1. The van der Waals surface area contributed by atoms with Crippen LogP contribution in [0.5, 0.6) is 5.75 Å². The number of aromatic nitrogens is 1. The zero-order valence-electron chi connectivity index (χ0n) is 18.1. The molecule has 1 heterocycles. The lowest BCUT2D eigenvalue weighted by molar-refractivity contribution is 0.172. The van der Waals surface area contributed by atoms with Crippen LogP contribution in [0, 0.1) is 13.8 Å². The second-order valence-corrected chi connectivity index (χ2v) is 6.99. The van der Waals surface area contributed by atoms with Gasteiger partial charge in [-0.25, -0.2) is 4.99 Å². The number of guanidine groups is 1. The fourth-order valence-electron chi connectivity index (χ4n) is 2.79. The predicted octanol–water partition coefficient (Wildman–Crippen LogP) is 3.41. The van der Waals surface area contributed by atoms with Gasteiger partial charge in [0.2, 0.25) is 0 Å². The molecule has 0 bridgehead atoms. The Bertz CT molecular complexity index is 760. The number of aliphatic imine (C=N–C) groups is 1. The molecular weight excluding hydrogens is 364 g/mol. The maximum Gasteiger partial charge on any atom is 0.191 e. The maximum atomic E-state index is 5.96. The zero-order valence-corrected chi connectivity index (χ0v) is 18.1. The van der Waals surface area contributed by atoms with Crippen molar-refractivity contribution >= 4 is 5.96 Å². The lowest BCUT2D eigenvalue weighted by Crippen LogP contribution is -2.38. The number of nitrogens with zero attached hydrogens (tertiary/aromatic N) is 2. The van der Waals surface area contributed by atoms with Gasteiger partial charge in [-0.1, -0.05) is 18.2 Å². The van der Waals surface area contributed by atoms with Gasteiger partial charge in [-0.05, 0) is 50.5 Å². The number of hydrogen-bond acceptors (Lipinski definition) is 4. The van der Waals surface area contributed by atoms with Crippen LogP contribution < -0.4 is 15.4 Å². The third kappa shape index (κ3) is 8.52. The minimum atomic E-state index is 0.557. The number of aryl methyl sites for hydroxylation is 2. The second kappa shape index (κ2) is 12.8. The van der Waals surface area contributed by atoms with Crippen LogP contribution in [0.3, 0.4) is 0 Å². The highest BCUT2D eigenvalue weighted by molar-refractivity contribution is 5.79. The van der Waals surface area contributed by atoms with Gasteiger partial charge in [0.1, 0.15) is 5.75 Å². The number of hydrogen-bond donors (Lipinski definition) is 2. The summed E-state index contributed by atoms with van der Waals surface area (Å²) in [5.74, 6) is 1.70. The van der Waals surface area contributed by atoms with Gasteiger partial charge in [0.25, 0.3) is 0 Å². The highest BCUT2D eigenvalue weighted by atomic mass is 16.5. The lowest BCUT2D eigenvalue weighted by atomic mass is 10.1. The summed E-state index contributed by atoms with van der Waals surface area (Å²) in [6.45, 7) is 9.63. The maximum absolute atomic E-state index is 5.96. The molecule has 6 nitrogen and oxygen atoms in total. The highest BCUT2D eigenvalue weighted by Gasteiger charge is 2.05. The van der Waals surface area contributed by atoms with Gasteiger partial charge in [0, 0.05) is 50.7 Å². The highest BCUT2D eigenvalue weighted by Crippen LogP contribution is 2.21. The third-order valence-electron chi connectivity index (χ3n) is 4.40. The van der Waals surface area contributed by atoms with Crippen LogP contribution in [0.15, 0.2) is 41.5 Å². The van der Waals surface area contributed by atoms with Gasteiger partial charge in [-0.3, -0.25) is 4.98 Å². The number of ether oxygens (including phenoxy) is 2. The van der Waals surface area contributed by atoms with Crippen LogP contribution in [0.25, 0.3) is 0 Å². The van der Waals surface area contributed by atoms with Gasteiger partial charge in [0.15, 0.2) is 5.96 Å². The molecule has 0 saturated heterocycles. The first-order valence-corrected chi connectivity index (χ1v) is 10.3. The molecule has 6 heteroatoms. The summed E-state index contributed by atoms with van der Waals surface area (Å²) in [4.78, 5) is 9.08. The largest absolute Gasteiger partial charge is 0.493 e. The van der Waals surface area contributed by atoms with E-state index in [0.29, 0.717) is 19.8 Å². The first-order chi connectivity index (χ1) is 14.1. The average molecular weight is 399 g/mol. The van der Waals surface area contributed by atoms with E-state index in [1.807, 2.05) is 19.2 Å². The van der Waals surface area contributed by atoms with E-state index in [1.165, 1.54) is 11.1 Å². The average Bonchev–Trinajstić information content (AvgIpc) is 2.72. The molecular formula is C23H34N4O2. The summed E-state index contributed by atoms with van der Waals surface area (Å²) in [6, 6.07) is 10.4. The fraction of sp³-hybridized carbons (Fsp3) is 0.478. The first kappa shape index (κ1) is 22.7. The normalized spacial score (nSPS) is 11.4. The summed E-state index contributed by atoms with van der Waals surface area (Å²) in [5.41, 5.74) is 4.50. The molecule has 2 aromatic rings. The van der Waals surface area contributed by atoms with Crippen LogP contribution in [0.1, 0.15) is 35.7 Å². The van der Waals surface area contributed by atoms with Crippen molar-refractivity contribution in [3.05, 3.63) is 58.9 Å². The monoisotopic (exact) mass is 398 g/mol. The van der Waals surface area contributed by atoms with Crippen molar-refractivity contribution in [2.75, 3.05) is 33.4 Å². The number of rotatable bonds is 11. The van der Waals surface area contributed by atoms with E-state index in [-0.39, 0.29) is 0 Å². The van der Waals surface area contributed by atoms with Crippen molar-refractivity contribution in [3.8, 4) is 5.75 Å². The fourth-order valence-corrected chi connectivity index (χ4v) is 2.79. The molecule has 0 aliphatic heterocycles. The topological polar surface area (TPSA) is 67.8 Å². The van der Waals surface area contributed by atoms with E-state index in [2.05, 4.69) is 53.7 Å². The molecule has 0 spiro atoms. The Hall–Kier alpha value is -2.60. The Morgan fingerprint density at radius 2 is 1.97 bits per heavy atom. The summed E-state index contributed by atoms with van der Waals surface area (Å²) in [5, 5.41) is 6.70. The molecule has 2 rings (SSSR count). The van der Waals surface area contributed by atoms with Gasteiger partial charge in [-0.2, -0.15) is 0 Å². The third-order valence-corrected chi connectivity index (χ3v) is 4.40. The smallest absolute Gasteiger partial charge is 0.191 e. The van der Waals surface area contributed by atoms with E-state index in [1.54, 1.807) is 7.11 Å². The molecule has 0 aliphatic rings. The standard InChI is InChI=1S/C23H34N4O2/c1-5-24-23(25-12-11-20-9-8-19(3)26-16-20)27-17-21-10-7-18(2)15-22(21)29-14-6-13-28-4/h7-10,15-16H,5-6,11-14,17H2,1-4H3,(H2,24,25,27). The van der Waals surface area contributed by atoms with Crippen molar-refractivity contribution in [2.45, 2.75) is 40.2 Å². The van der Waals surface area contributed by atoms with E-state index in [4.69, 9.17) is 14.5 Å². The molecule has 0 saturated carbocycles. The molecule has 1 aromatic carbocycles. The van der Waals surface area contributed by atoms with Crippen LogP contribution in [0.2, 0.25) is 0 Å². The van der Waals surface area contributed by atoms with E-state index in [9.17, 15) is 0 Å². The van der Waals surface area contributed by atoms with Gasteiger partial charge in [0.05, 0.1) is 13.2 Å². The predicted molar refractivity (Wildman–Crippen MR) is 119 cm³/mol. The molecule has 2 N–H and O–H groups in total. The Morgan fingerprint density at radius 3 is 2.69 bits per heavy atom. The van der Waals surface area contributed by atoms with Gasteiger partial charge < -0.3 is 20.1 Å². The summed E-state index contributed by atoms with van der Waals surface area (Å²) in [6.07, 6.45) is 3.70. The molecule has 29 heavy (non-hydrogen) atoms. The van der Waals surface area contributed by atoms with Crippen molar-refractivity contribution in [1.29, 1.82) is 0 Å². The van der Waals surface area contributed by atoms with E-state index >= 15 is 0 Å². The number of benzene rings is 1. The Kier molecular flexibility index (Phi) is 10.00. The van der Waals surface area contributed by atoms with Crippen molar-refractivity contribution in [2.24, 2.45) is 4.99 Å².